The number of aliphatic imine (C=N–C) groups is 1. The molecule has 0 unspecified atom stereocenters. The smallest absolute Gasteiger partial charge is 0.257 e. The maximum Gasteiger partial charge on any atom is 0.257 e. The van der Waals surface area contributed by atoms with Gasteiger partial charge in [0, 0.05) is 30.9 Å². The summed E-state index contributed by atoms with van der Waals surface area (Å²) in [6.45, 7) is 8.94. The van der Waals surface area contributed by atoms with Crippen LogP contribution in [0.5, 0.6) is 0 Å². The number of ether oxygens (including phenoxy) is 1. The highest BCUT2D eigenvalue weighted by atomic mass is 16.5. The predicted molar refractivity (Wildman–Crippen MR) is 118 cm³/mol. The maximum atomic E-state index is 12.7. The number of amides is 1. The van der Waals surface area contributed by atoms with E-state index >= 15 is 0 Å². The Morgan fingerprint density at radius 3 is 2.62 bits per heavy atom. The summed E-state index contributed by atoms with van der Waals surface area (Å²) in [5.74, 6) is 0.298. The summed E-state index contributed by atoms with van der Waals surface area (Å²) in [6.07, 6.45) is 0.953. The van der Waals surface area contributed by atoms with E-state index in [1.807, 2.05) is 43.3 Å². The molecule has 1 aliphatic rings. The number of hydrogen-bond donors (Lipinski definition) is 2. The molecule has 6 heteroatoms. The third-order valence-corrected chi connectivity index (χ3v) is 4.93. The summed E-state index contributed by atoms with van der Waals surface area (Å²) in [4.78, 5) is 19.7. The summed E-state index contributed by atoms with van der Waals surface area (Å²) < 4.78 is 5.39. The van der Waals surface area contributed by atoms with Gasteiger partial charge in [-0.15, -0.1) is 0 Å². The first-order chi connectivity index (χ1) is 14.1. The molecule has 2 N–H and O–H groups in total. The molecule has 29 heavy (non-hydrogen) atoms. The molecule has 1 fully saturated rings. The van der Waals surface area contributed by atoms with E-state index in [-0.39, 0.29) is 5.91 Å². The number of anilines is 1. The molecule has 3 rings (SSSR count). The van der Waals surface area contributed by atoms with Crippen LogP contribution < -0.4 is 10.6 Å². The lowest BCUT2D eigenvalue weighted by molar-refractivity contribution is 0.0394. The zero-order valence-electron chi connectivity index (χ0n) is 17.3. The SMILES string of the molecule is CCc1cccc(NC(=NCCN2CCOCC2)NC(=O)c2ccc(C)cc2)c1. The van der Waals surface area contributed by atoms with Gasteiger partial charge in [0.15, 0.2) is 0 Å². The van der Waals surface area contributed by atoms with Gasteiger partial charge < -0.3 is 10.1 Å². The Labute approximate surface area is 173 Å². The van der Waals surface area contributed by atoms with Crippen LogP contribution in [0.4, 0.5) is 5.69 Å². The number of hydrogen-bond acceptors (Lipinski definition) is 4. The Morgan fingerprint density at radius 1 is 1.14 bits per heavy atom. The van der Waals surface area contributed by atoms with Gasteiger partial charge in [-0.25, -0.2) is 0 Å². The monoisotopic (exact) mass is 394 g/mol. The van der Waals surface area contributed by atoms with Gasteiger partial charge in [-0.1, -0.05) is 36.8 Å². The summed E-state index contributed by atoms with van der Waals surface area (Å²) in [5.41, 5.74) is 3.88. The zero-order valence-corrected chi connectivity index (χ0v) is 17.3. The van der Waals surface area contributed by atoms with Crippen molar-refractivity contribution in [2.45, 2.75) is 20.3 Å². The average molecular weight is 395 g/mol. The maximum absolute atomic E-state index is 12.7. The Kier molecular flexibility index (Phi) is 7.78. The zero-order chi connectivity index (χ0) is 20.5. The average Bonchev–Trinajstić information content (AvgIpc) is 2.75. The molecule has 1 heterocycles. The summed E-state index contributed by atoms with van der Waals surface area (Å²) in [5, 5.41) is 6.21. The summed E-state index contributed by atoms with van der Waals surface area (Å²) in [6, 6.07) is 15.7. The van der Waals surface area contributed by atoms with Gasteiger partial charge in [-0.3, -0.25) is 20.0 Å². The second-order valence-corrected chi connectivity index (χ2v) is 7.18. The number of morpholine rings is 1. The van der Waals surface area contributed by atoms with Crippen LogP contribution in [0.15, 0.2) is 53.5 Å². The van der Waals surface area contributed by atoms with E-state index in [1.54, 1.807) is 0 Å². The van der Waals surface area contributed by atoms with E-state index in [4.69, 9.17) is 4.74 Å². The normalized spacial score (nSPS) is 15.2. The standard InChI is InChI=1S/C23H30N4O2/c1-3-19-5-4-6-21(17-19)25-23(24-11-12-27-13-15-29-16-14-27)26-22(28)20-9-7-18(2)8-10-20/h4-10,17H,3,11-16H2,1-2H3,(H2,24,25,26,28). The van der Waals surface area contributed by atoms with Crippen LogP contribution in [0.25, 0.3) is 0 Å². The van der Waals surface area contributed by atoms with Crippen molar-refractivity contribution in [1.29, 1.82) is 0 Å². The molecule has 0 atom stereocenters. The van der Waals surface area contributed by atoms with Crippen molar-refractivity contribution in [3.8, 4) is 0 Å². The van der Waals surface area contributed by atoms with E-state index < -0.39 is 0 Å². The number of carbonyl (C=O) groups excluding carboxylic acids is 1. The number of rotatable bonds is 6. The van der Waals surface area contributed by atoms with Gasteiger partial charge in [0.2, 0.25) is 5.96 Å². The number of carbonyl (C=O) groups is 1. The fourth-order valence-electron chi connectivity index (χ4n) is 3.13. The van der Waals surface area contributed by atoms with Crippen molar-refractivity contribution in [3.63, 3.8) is 0 Å². The van der Waals surface area contributed by atoms with Crippen LogP contribution in [0.1, 0.15) is 28.4 Å². The largest absolute Gasteiger partial charge is 0.379 e. The topological polar surface area (TPSA) is 66.0 Å². The third kappa shape index (κ3) is 6.69. The molecule has 0 radical (unpaired) electrons. The number of benzene rings is 2. The number of aryl methyl sites for hydroxylation is 2. The van der Waals surface area contributed by atoms with Crippen LogP contribution in [-0.4, -0.2) is 56.2 Å². The van der Waals surface area contributed by atoms with Gasteiger partial charge in [0.1, 0.15) is 0 Å². The fraction of sp³-hybridized carbons (Fsp3) is 0.391. The van der Waals surface area contributed by atoms with E-state index in [2.05, 4.69) is 39.6 Å². The van der Waals surface area contributed by atoms with Crippen LogP contribution >= 0.6 is 0 Å². The van der Waals surface area contributed by atoms with E-state index in [1.165, 1.54) is 5.56 Å². The van der Waals surface area contributed by atoms with Crippen molar-refractivity contribution in [2.24, 2.45) is 4.99 Å². The van der Waals surface area contributed by atoms with Gasteiger partial charge in [-0.05, 0) is 43.2 Å². The first kappa shape index (κ1) is 21.0. The quantitative estimate of drug-likeness (QED) is 0.584. The van der Waals surface area contributed by atoms with Crippen LogP contribution in [0, 0.1) is 6.92 Å². The first-order valence-corrected chi connectivity index (χ1v) is 10.2. The lowest BCUT2D eigenvalue weighted by atomic mass is 10.1. The van der Waals surface area contributed by atoms with Gasteiger partial charge in [-0.2, -0.15) is 0 Å². The lowest BCUT2D eigenvalue weighted by Gasteiger charge is -2.25. The minimum Gasteiger partial charge on any atom is -0.379 e. The van der Waals surface area contributed by atoms with Crippen LogP contribution in [0.2, 0.25) is 0 Å². The summed E-state index contributed by atoms with van der Waals surface area (Å²) >= 11 is 0. The minimum absolute atomic E-state index is 0.172. The highest BCUT2D eigenvalue weighted by Crippen LogP contribution is 2.11. The molecule has 0 aromatic heterocycles. The first-order valence-electron chi connectivity index (χ1n) is 10.2. The molecular formula is C23H30N4O2. The van der Waals surface area contributed by atoms with Gasteiger partial charge in [0.05, 0.1) is 19.8 Å². The van der Waals surface area contributed by atoms with Crippen molar-refractivity contribution in [1.82, 2.24) is 10.2 Å². The summed E-state index contributed by atoms with van der Waals surface area (Å²) in [7, 11) is 0. The molecule has 1 saturated heterocycles. The Balaban J connectivity index is 1.69. The Hall–Kier alpha value is -2.70. The Bertz CT molecular complexity index is 827. The molecule has 2 aromatic rings. The van der Waals surface area contributed by atoms with Crippen LogP contribution in [0.3, 0.4) is 0 Å². The Morgan fingerprint density at radius 2 is 1.90 bits per heavy atom. The van der Waals surface area contributed by atoms with E-state index in [9.17, 15) is 4.79 Å². The molecule has 0 bridgehead atoms. The third-order valence-electron chi connectivity index (χ3n) is 4.93. The van der Waals surface area contributed by atoms with Crippen molar-refractivity contribution in [3.05, 3.63) is 65.2 Å². The van der Waals surface area contributed by atoms with Crippen molar-refractivity contribution in [2.75, 3.05) is 44.7 Å². The number of nitrogens with one attached hydrogen (secondary N) is 2. The highest BCUT2D eigenvalue weighted by Gasteiger charge is 2.12. The van der Waals surface area contributed by atoms with Crippen molar-refractivity contribution < 1.29 is 9.53 Å². The molecule has 0 spiro atoms. The van der Waals surface area contributed by atoms with Gasteiger partial charge >= 0.3 is 0 Å². The van der Waals surface area contributed by atoms with Crippen molar-refractivity contribution >= 4 is 17.6 Å². The number of nitrogens with zero attached hydrogens (tertiary/aromatic N) is 2. The second kappa shape index (κ2) is 10.7. The van der Waals surface area contributed by atoms with Crippen LogP contribution in [-0.2, 0) is 11.2 Å². The van der Waals surface area contributed by atoms with E-state index in [0.717, 1.165) is 50.5 Å². The highest BCUT2D eigenvalue weighted by molar-refractivity contribution is 6.09. The lowest BCUT2D eigenvalue weighted by Crippen LogP contribution is -2.39. The molecule has 154 valence electrons. The molecule has 6 nitrogen and oxygen atoms in total. The molecule has 0 aliphatic carbocycles. The number of guanidine groups is 1. The molecule has 2 aromatic carbocycles. The molecule has 0 saturated carbocycles. The molecule has 1 aliphatic heterocycles. The second-order valence-electron chi connectivity index (χ2n) is 7.18. The molecular weight excluding hydrogens is 364 g/mol. The fourth-order valence-corrected chi connectivity index (χ4v) is 3.13. The van der Waals surface area contributed by atoms with Gasteiger partial charge in [0.25, 0.3) is 5.91 Å². The van der Waals surface area contributed by atoms with E-state index in [0.29, 0.717) is 18.1 Å². The molecule has 1 amide bonds. The minimum atomic E-state index is -0.172. The predicted octanol–water partition coefficient (Wildman–Crippen LogP) is 3.09.